The number of anilines is 1. The summed E-state index contributed by atoms with van der Waals surface area (Å²) in [5, 5.41) is 7.48. The molecule has 1 amide bonds. The number of nitrogens with zero attached hydrogens (tertiary/aromatic N) is 2. The number of hydrogen-bond donors (Lipinski definition) is 1. The normalized spacial score (nSPS) is 11.1. The minimum Gasteiger partial charge on any atom is -0.479 e. The van der Waals surface area contributed by atoms with Gasteiger partial charge in [0, 0.05) is 16.8 Å². The monoisotopic (exact) mass is 511 g/mol. The second-order valence-electron chi connectivity index (χ2n) is 7.36. The number of aromatic nitrogens is 2. The summed E-state index contributed by atoms with van der Waals surface area (Å²) in [7, 11) is 0. The van der Waals surface area contributed by atoms with Crippen molar-refractivity contribution in [2.75, 3.05) is 5.32 Å². The summed E-state index contributed by atoms with van der Waals surface area (Å²) in [5.41, 5.74) is 1.72. The Kier molecular flexibility index (Phi) is 6.79. The zero-order valence-electron chi connectivity index (χ0n) is 17.8. The number of nitrogens with one attached hydrogen (secondary N) is 1. The molecule has 0 spiro atoms. The van der Waals surface area contributed by atoms with E-state index in [4.69, 9.17) is 20.8 Å². The first-order valence-corrected chi connectivity index (χ1v) is 10.3. The van der Waals surface area contributed by atoms with Crippen LogP contribution in [0.4, 0.5) is 27.8 Å². The van der Waals surface area contributed by atoms with Crippen molar-refractivity contribution in [2.24, 2.45) is 0 Å². The van der Waals surface area contributed by atoms with E-state index in [1.165, 1.54) is 12.1 Å². The number of aryl methyl sites for hydroxylation is 1. The molecule has 0 aliphatic heterocycles. The molecule has 0 saturated heterocycles. The summed E-state index contributed by atoms with van der Waals surface area (Å²) in [6.45, 7) is 1.56. The van der Waals surface area contributed by atoms with Gasteiger partial charge in [-0.05, 0) is 36.8 Å². The Morgan fingerprint density at radius 2 is 1.63 bits per heavy atom. The van der Waals surface area contributed by atoms with Crippen molar-refractivity contribution in [1.82, 2.24) is 9.78 Å². The van der Waals surface area contributed by atoms with Crippen molar-refractivity contribution in [3.8, 4) is 5.75 Å². The number of halogens is 6. The molecule has 4 aromatic rings. The molecule has 0 aliphatic carbocycles. The third kappa shape index (κ3) is 5.14. The lowest BCUT2D eigenvalue weighted by atomic mass is 10.2. The smallest absolute Gasteiger partial charge is 0.292 e. The Labute approximate surface area is 199 Å². The van der Waals surface area contributed by atoms with Crippen molar-refractivity contribution in [3.05, 3.63) is 99.4 Å². The number of carbonyl (C=O) groups is 1. The van der Waals surface area contributed by atoms with Crippen LogP contribution in [0.1, 0.15) is 27.6 Å². The number of benzene rings is 2. The van der Waals surface area contributed by atoms with Gasteiger partial charge in [0.05, 0.1) is 6.54 Å². The molecule has 4 rings (SSSR count). The lowest BCUT2D eigenvalue weighted by Crippen LogP contribution is -2.12. The first-order valence-electron chi connectivity index (χ1n) is 9.97. The van der Waals surface area contributed by atoms with Crippen molar-refractivity contribution in [3.63, 3.8) is 0 Å². The van der Waals surface area contributed by atoms with Crippen LogP contribution >= 0.6 is 11.6 Å². The Morgan fingerprint density at radius 1 is 1.00 bits per heavy atom. The van der Waals surface area contributed by atoms with Gasteiger partial charge >= 0.3 is 0 Å². The minimum absolute atomic E-state index is 0.0939. The molecular weight excluding hydrogens is 497 g/mol. The molecule has 0 fully saturated rings. The van der Waals surface area contributed by atoms with Crippen LogP contribution < -0.4 is 10.1 Å². The third-order valence-electron chi connectivity index (χ3n) is 4.88. The van der Waals surface area contributed by atoms with Gasteiger partial charge < -0.3 is 14.5 Å². The average molecular weight is 512 g/mol. The largest absolute Gasteiger partial charge is 0.479 e. The maximum atomic E-state index is 13.7. The van der Waals surface area contributed by atoms with Gasteiger partial charge in [-0.1, -0.05) is 23.7 Å². The van der Waals surface area contributed by atoms with Crippen LogP contribution in [-0.2, 0) is 13.2 Å². The Hall–Kier alpha value is -3.86. The lowest BCUT2D eigenvalue weighted by Gasteiger charge is -2.09. The topological polar surface area (TPSA) is 69.3 Å². The molecule has 0 atom stereocenters. The number of carbonyl (C=O) groups excluding carboxylic acids is 1. The zero-order valence-corrected chi connectivity index (χ0v) is 18.6. The molecule has 0 bridgehead atoms. The van der Waals surface area contributed by atoms with Gasteiger partial charge in [0.15, 0.2) is 17.3 Å². The Balaban J connectivity index is 1.41. The third-order valence-corrected chi connectivity index (χ3v) is 5.13. The SMILES string of the molecule is Cc1cc(NC(=O)c2ccc(COc3c(F)c(F)c(F)c(F)c3F)o2)nn1Cc1ccc(Cl)cc1. The summed E-state index contributed by atoms with van der Waals surface area (Å²) >= 11 is 5.89. The van der Waals surface area contributed by atoms with Crippen LogP contribution in [0.2, 0.25) is 5.02 Å². The summed E-state index contributed by atoms with van der Waals surface area (Å²) in [4.78, 5) is 12.5. The summed E-state index contributed by atoms with van der Waals surface area (Å²) in [5.74, 6) is -13.0. The number of furan rings is 1. The van der Waals surface area contributed by atoms with E-state index >= 15 is 0 Å². The highest BCUT2D eigenvalue weighted by atomic mass is 35.5. The van der Waals surface area contributed by atoms with Gasteiger partial charge in [-0.15, -0.1) is 0 Å². The van der Waals surface area contributed by atoms with Crippen LogP contribution in [0.15, 0.2) is 46.9 Å². The quantitative estimate of drug-likeness (QED) is 0.187. The second kappa shape index (κ2) is 9.79. The predicted octanol–water partition coefficient (Wildman–Crippen LogP) is 6.01. The van der Waals surface area contributed by atoms with Crippen molar-refractivity contribution < 1.29 is 35.9 Å². The molecule has 2 heterocycles. The molecule has 0 saturated carbocycles. The molecule has 0 radical (unpaired) electrons. The fraction of sp³-hybridized carbons (Fsp3) is 0.130. The fourth-order valence-electron chi connectivity index (χ4n) is 3.10. The standard InChI is InChI=1S/C23H15ClF5N3O3/c1-11-8-16(31-32(11)9-12-2-4-13(24)5-3-12)30-23(33)15-7-6-14(35-15)10-34-22-20(28)18(26)17(25)19(27)21(22)29/h2-8H,9-10H2,1H3,(H,30,31,33). The summed E-state index contributed by atoms with van der Waals surface area (Å²) < 4.78 is 78.8. The van der Waals surface area contributed by atoms with E-state index < -0.39 is 47.3 Å². The van der Waals surface area contributed by atoms with E-state index in [1.54, 1.807) is 29.8 Å². The van der Waals surface area contributed by atoms with Gasteiger partial charge in [0.1, 0.15) is 12.4 Å². The number of hydrogen-bond acceptors (Lipinski definition) is 4. The first kappa shape index (κ1) is 24.3. The zero-order chi connectivity index (χ0) is 25.3. The number of ether oxygens (including phenoxy) is 1. The molecule has 35 heavy (non-hydrogen) atoms. The van der Waals surface area contributed by atoms with Crippen LogP contribution in [0.5, 0.6) is 5.75 Å². The van der Waals surface area contributed by atoms with Gasteiger partial charge in [-0.2, -0.15) is 13.9 Å². The molecule has 12 heteroatoms. The van der Waals surface area contributed by atoms with Crippen molar-refractivity contribution in [1.29, 1.82) is 0 Å². The van der Waals surface area contributed by atoms with E-state index in [-0.39, 0.29) is 17.3 Å². The van der Waals surface area contributed by atoms with Crippen LogP contribution in [-0.4, -0.2) is 15.7 Å². The summed E-state index contributed by atoms with van der Waals surface area (Å²) in [6, 6.07) is 11.4. The van der Waals surface area contributed by atoms with Crippen molar-refractivity contribution >= 4 is 23.3 Å². The molecular formula is C23H15ClF5N3O3. The Morgan fingerprint density at radius 3 is 2.29 bits per heavy atom. The predicted molar refractivity (Wildman–Crippen MR) is 115 cm³/mol. The molecule has 1 N–H and O–H groups in total. The van der Waals surface area contributed by atoms with E-state index in [0.717, 1.165) is 11.3 Å². The van der Waals surface area contributed by atoms with Gasteiger partial charge in [-0.3, -0.25) is 9.48 Å². The van der Waals surface area contributed by atoms with Crippen molar-refractivity contribution in [2.45, 2.75) is 20.1 Å². The van der Waals surface area contributed by atoms with Gasteiger partial charge in [-0.25, -0.2) is 13.2 Å². The van der Waals surface area contributed by atoms with Crippen LogP contribution in [0.3, 0.4) is 0 Å². The van der Waals surface area contributed by atoms with Crippen LogP contribution in [0, 0.1) is 36.0 Å². The van der Waals surface area contributed by atoms with E-state index in [1.807, 2.05) is 12.1 Å². The first-order chi connectivity index (χ1) is 16.6. The fourth-order valence-corrected chi connectivity index (χ4v) is 3.23. The molecule has 2 aromatic carbocycles. The highest BCUT2D eigenvalue weighted by molar-refractivity contribution is 6.30. The highest BCUT2D eigenvalue weighted by Gasteiger charge is 2.27. The highest BCUT2D eigenvalue weighted by Crippen LogP contribution is 2.30. The lowest BCUT2D eigenvalue weighted by molar-refractivity contribution is 0.0991. The molecule has 182 valence electrons. The molecule has 0 unspecified atom stereocenters. The van der Waals surface area contributed by atoms with E-state index in [0.29, 0.717) is 11.6 Å². The van der Waals surface area contributed by atoms with Crippen LogP contribution in [0.25, 0.3) is 0 Å². The maximum Gasteiger partial charge on any atom is 0.292 e. The number of amides is 1. The van der Waals surface area contributed by atoms with E-state index in [2.05, 4.69) is 10.4 Å². The number of rotatable bonds is 7. The van der Waals surface area contributed by atoms with Gasteiger partial charge in [0.2, 0.25) is 29.1 Å². The molecule has 2 aromatic heterocycles. The average Bonchev–Trinajstić information content (AvgIpc) is 3.44. The molecule has 0 aliphatic rings. The maximum absolute atomic E-state index is 13.7. The Bertz CT molecular complexity index is 1370. The second-order valence-corrected chi connectivity index (χ2v) is 7.80. The van der Waals surface area contributed by atoms with Gasteiger partial charge in [0.25, 0.3) is 5.91 Å². The minimum atomic E-state index is -2.30. The summed E-state index contributed by atoms with van der Waals surface area (Å²) in [6.07, 6.45) is 0. The molecule has 6 nitrogen and oxygen atoms in total. The van der Waals surface area contributed by atoms with E-state index in [9.17, 15) is 26.7 Å².